The molecule has 20 heavy (non-hydrogen) atoms. The van der Waals surface area contributed by atoms with E-state index in [0.717, 1.165) is 0 Å². The summed E-state index contributed by atoms with van der Waals surface area (Å²) in [7, 11) is -1.45. The van der Waals surface area contributed by atoms with Gasteiger partial charge in [0.15, 0.2) is 5.96 Å². The Kier molecular flexibility index (Phi) is 10.2. The minimum Gasteiger partial charge on any atom is -0.355 e. The molecule has 0 aliphatic heterocycles. The number of carbonyl (C=O) groups is 1. The quantitative estimate of drug-likeness (QED) is 0.323. The van der Waals surface area contributed by atoms with E-state index in [9.17, 15) is 13.2 Å². The summed E-state index contributed by atoms with van der Waals surface area (Å²) in [5.41, 5.74) is -0.286. The number of carbonyl (C=O) groups excluding carboxylic acids is 1. The minimum absolute atomic E-state index is 0. The predicted molar refractivity (Wildman–Crippen MR) is 92.4 cm³/mol. The number of amides is 1. The van der Waals surface area contributed by atoms with Crippen LogP contribution in [0, 0.1) is 0 Å². The van der Waals surface area contributed by atoms with Gasteiger partial charge in [-0.05, 0) is 20.8 Å². The van der Waals surface area contributed by atoms with Gasteiger partial charge in [0.25, 0.3) is 0 Å². The van der Waals surface area contributed by atoms with Crippen molar-refractivity contribution in [1.82, 2.24) is 16.0 Å². The molecule has 0 spiro atoms. The molecule has 120 valence electrons. The summed E-state index contributed by atoms with van der Waals surface area (Å²) in [6.45, 7) is 6.01. The van der Waals surface area contributed by atoms with E-state index in [2.05, 4.69) is 20.9 Å². The van der Waals surface area contributed by atoms with Crippen LogP contribution in [0.15, 0.2) is 4.99 Å². The summed E-state index contributed by atoms with van der Waals surface area (Å²) in [6, 6.07) is 0. The van der Waals surface area contributed by atoms with Crippen LogP contribution in [-0.4, -0.2) is 58.0 Å². The highest BCUT2D eigenvalue weighted by atomic mass is 127. The summed E-state index contributed by atoms with van der Waals surface area (Å²) < 4.78 is 21.9. The van der Waals surface area contributed by atoms with Gasteiger partial charge in [-0.25, -0.2) is 8.42 Å². The van der Waals surface area contributed by atoms with Crippen molar-refractivity contribution < 1.29 is 13.2 Å². The van der Waals surface area contributed by atoms with Crippen molar-refractivity contribution in [2.24, 2.45) is 4.99 Å². The number of sulfone groups is 1. The Bertz CT molecular complexity index is 429. The van der Waals surface area contributed by atoms with Crippen LogP contribution in [0.25, 0.3) is 0 Å². The Labute approximate surface area is 138 Å². The van der Waals surface area contributed by atoms with E-state index < -0.39 is 9.84 Å². The van der Waals surface area contributed by atoms with Crippen LogP contribution >= 0.6 is 24.0 Å². The molecular formula is C11H25IN4O3S. The van der Waals surface area contributed by atoms with Crippen LogP contribution in [0.3, 0.4) is 0 Å². The number of rotatable bonds is 5. The second-order valence-corrected chi connectivity index (χ2v) is 7.54. The predicted octanol–water partition coefficient (Wildman–Crippen LogP) is -0.271. The lowest BCUT2D eigenvalue weighted by atomic mass is 10.1. The van der Waals surface area contributed by atoms with E-state index in [4.69, 9.17) is 0 Å². The third-order valence-electron chi connectivity index (χ3n) is 1.92. The van der Waals surface area contributed by atoms with E-state index in [-0.39, 0.29) is 54.3 Å². The third kappa shape index (κ3) is 13.8. The highest BCUT2D eigenvalue weighted by Crippen LogP contribution is 1.96. The van der Waals surface area contributed by atoms with Gasteiger partial charge >= 0.3 is 0 Å². The van der Waals surface area contributed by atoms with Crippen LogP contribution in [-0.2, 0) is 14.6 Å². The number of hydrogen-bond acceptors (Lipinski definition) is 4. The van der Waals surface area contributed by atoms with Crippen molar-refractivity contribution in [3.8, 4) is 0 Å². The first-order chi connectivity index (χ1) is 8.53. The summed E-state index contributed by atoms with van der Waals surface area (Å²) in [6.07, 6.45) is 1.17. The van der Waals surface area contributed by atoms with Gasteiger partial charge < -0.3 is 16.0 Å². The maximum Gasteiger partial charge on any atom is 0.239 e. The standard InChI is InChI=1S/C11H24N4O3S.HI/c1-11(2,3)15-9(16)8-14-10(12-4)13-6-7-19(5,17)18;/h6-8H2,1-5H3,(H,15,16)(H2,12,13,14);1H. The summed E-state index contributed by atoms with van der Waals surface area (Å²) >= 11 is 0. The van der Waals surface area contributed by atoms with Crippen LogP contribution in [0.1, 0.15) is 20.8 Å². The molecule has 0 radical (unpaired) electrons. The maximum absolute atomic E-state index is 11.6. The van der Waals surface area contributed by atoms with E-state index in [1.54, 1.807) is 7.05 Å². The van der Waals surface area contributed by atoms with E-state index >= 15 is 0 Å². The molecule has 0 unspecified atom stereocenters. The van der Waals surface area contributed by atoms with Gasteiger partial charge in [0, 0.05) is 25.4 Å². The van der Waals surface area contributed by atoms with Crippen molar-refractivity contribution in [3.05, 3.63) is 0 Å². The van der Waals surface area contributed by atoms with Crippen molar-refractivity contribution in [3.63, 3.8) is 0 Å². The van der Waals surface area contributed by atoms with E-state index in [1.165, 1.54) is 6.26 Å². The highest BCUT2D eigenvalue weighted by Gasteiger charge is 2.13. The molecule has 0 rings (SSSR count). The lowest BCUT2D eigenvalue weighted by Gasteiger charge is -2.21. The Balaban J connectivity index is 0. The topological polar surface area (TPSA) is 99.7 Å². The molecule has 0 heterocycles. The monoisotopic (exact) mass is 420 g/mol. The number of guanidine groups is 1. The smallest absolute Gasteiger partial charge is 0.239 e. The van der Waals surface area contributed by atoms with Crippen molar-refractivity contribution in [1.29, 1.82) is 0 Å². The maximum atomic E-state index is 11.6. The Hall–Kier alpha value is -0.580. The Morgan fingerprint density at radius 2 is 1.75 bits per heavy atom. The molecule has 3 N–H and O–H groups in total. The molecule has 0 aromatic carbocycles. The molecule has 0 aliphatic rings. The fourth-order valence-electron chi connectivity index (χ4n) is 1.20. The molecule has 0 saturated heterocycles. The fourth-order valence-corrected chi connectivity index (χ4v) is 1.67. The first kappa shape index (κ1) is 21.7. The van der Waals surface area contributed by atoms with Gasteiger partial charge in [0.1, 0.15) is 9.84 Å². The lowest BCUT2D eigenvalue weighted by Crippen LogP contribution is -2.48. The first-order valence-electron chi connectivity index (χ1n) is 5.97. The zero-order valence-electron chi connectivity index (χ0n) is 12.6. The summed E-state index contributed by atoms with van der Waals surface area (Å²) in [5, 5.41) is 8.43. The fraction of sp³-hybridized carbons (Fsp3) is 0.818. The lowest BCUT2D eigenvalue weighted by molar-refractivity contribution is -0.121. The zero-order chi connectivity index (χ0) is 15.1. The second-order valence-electron chi connectivity index (χ2n) is 5.28. The van der Waals surface area contributed by atoms with Crippen LogP contribution in [0.5, 0.6) is 0 Å². The molecule has 0 aliphatic carbocycles. The average molecular weight is 420 g/mol. The number of nitrogens with one attached hydrogen (secondary N) is 3. The molecule has 0 bridgehead atoms. The van der Waals surface area contributed by atoms with Gasteiger partial charge in [0.2, 0.25) is 5.91 Å². The van der Waals surface area contributed by atoms with Crippen molar-refractivity contribution >= 4 is 45.7 Å². The Morgan fingerprint density at radius 1 is 1.20 bits per heavy atom. The molecule has 9 heteroatoms. The van der Waals surface area contributed by atoms with Gasteiger partial charge in [-0.15, -0.1) is 24.0 Å². The normalized spacial score (nSPS) is 12.3. The largest absolute Gasteiger partial charge is 0.355 e. The summed E-state index contributed by atoms with van der Waals surface area (Å²) in [5.74, 6) is 0.258. The summed E-state index contributed by atoms with van der Waals surface area (Å²) in [4.78, 5) is 15.5. The molecule has 1 amide bonds. The Morgan fingerprint density at radius 3 is 2.15 bits per heavy atom. The van der Waals surface area contributed by atoms with Crippen molar-refractivity contribution in [2.45, 2.75) is 26.3 Å². The van der Waals surface area contributed by atoms with E-state index in [0.29, 0.717) is 5.96 Å². The molecule has 0 aromatic rings. The van der Waals surface area contributed by atoms with E-state index in [1.807, 2.05) is 20.8 Å². The number of nitrogens with zero attached hydrogens (tertiary/aromatic N) is 1. The van der Waals surface area contributed by atoms with Gasteiger partial charge in [-0.2, -0.15) is 0 Å². The molecular weight excluding hydrogens is 395 g/mol. The average Bonchev–Trinajstić information content (AvgIpc) is 2.18. The highest BCUT2D eigenvalue weighted by molar-refractivity contribution is 14.0. The SMILES string of the molecule is CN=C(NCCS(C)(=O)=O)NCC(=O)NC(C)(C)C.I. The van der Waals surface area contributed by atoms with Crippen LogP contribution in [0.4, 0.5) is 0 Å². The molecule has 7 nitrogen and oxygen atoms in total. The number of hydrogen-bond donors (Lipinski definition) is 3. The molecule has 0 atom stereocenters. The third-order valence-corrected chi connectivity index (χ3v) is 2.87. The number of halogens is 1. The minimum atomic E-state index is -3.01. The second kappa shape index (κ2) is 9.37. The van der Waals surface area contributed by atoms with Gasteiger partial charge in [0.05, 0.1) is 12.3 Å². The van der Waals surface area contributed by atoms with Gasteiger partial charge in [-0.3, -0.25) is 9.79 Å². The molecule has 0 aromatic heterocycles. The van der Waals surface area contributed by atoms with Crippen LogP contribution < -0.4 is 16.0 Å². The van der Waals surface area contributed by atoms with Gasteiger partial charge in [-0.1, -0.05) is 0 Å². The van der Waals surface area contributed by atoms with Crippen molar-refractivity contribution in [2.75, 3.05) is 32.1 Å². The zero-order valence-corrected chi connectivity index (χ0v) is 15.8. The first-order valence-corrected chi connectivity index (χ1v) is 8.03. The number of aliphatic imine (C=N–C) groups is 1. The molecule has 0 fully saturated rings. The van der Waals surface area contributed by atoms with Crippen LogP contribution in [0.2, 0.25) is 0 Å². The molecule has 0 saturated carbocycles.